The molecule has 1 aromatic carbocycles. The van der Waals surface area contributed by atoms with Gasteiger partial charge in [0.05, 0.1) is 13.7 Å². The average molecular weight is 333 g/mol. The van der Waals surface area contributed by atoms with Crippen molar-refractivity contribution in [2.45, 2.75) is 12.0 Å². The third-order valence-corrected chi connectivity index (χ3v) is 5.46. The number of hydrogen-bond donors (Lipinski definition) is 3. The van der Waals surface area contributed by atoms with Gasteiger partial charge in [0.2, 0.25) is 8.46 Å². The van der Waals surface area contributed by atoms with E-state index in [1.165, 1.54) is 18.2 Å². The van der Waals surface area contributed by atoms with Crippen LogP contribution in [0.3, 0.4) is 0 Å². The highest BCUT2D eigenvalue weighted by molar-refractivity contribution is 7.63. The lowest BCUT2D eigenvalue weighted by atomic mass is 10.1. The van der Waals surface area contributed by atoms with Crippen LogP contribution < -0.4 is 9.64 Å². The predicted molar refractivity (Wildman–Crippen MR) is 79.9 cm³/mol. The van der Waals surface area contributed by atoms with Crippen molar-refractivity contribution in [1.82, 2.24) is 0 Å². The molecule has 0 bridgehead atoms. The lowest BCUT2D eigenvalue weighted by Crippen LogP contribution is -2.36. The number of methoxy groups -OCH3 is 1. The van der Waals surface area contributed by atoms with E-state index in [0.29, 0.717) is 11.4 Å². The number of aliphatic hydroxyl groups is 1. The minimum absolute atomic E-state index is 0.557. The topological polar surface area (TPSA) is 107 Å². The lowest BCUT2D eigenvalue weighted by Gasteiger charge is -2.30. The highest BCUT2D eigenvalue weighted by atomic mass is 31.2. The van der Waals surface area contributed by atoms with Crippen LogP contribution in [0.15, 0.2) is 31.0 Å². The first-order valence-corrected chi connectivity index (χ1v) is 8.27. The minimum atomic E-state index is -4.99. The molecule has 1 unspecified atom stereocenters. The Bertz CT molecular complexity index is 587. The van der Waals surface area contributed by atoms with E-state index in [4.69, 9.17) is 14.5 Å². The van der Waals surface area contributed by atoms with Crippen LogP contribution in [0.25, 0.3) is 0 Å². The smallest absolute Gasteiger partial charge is 0.370 e. The molecule has 0 aliphatic heterocycles. The second-order valence-electron chi connectivity index (χ2n) is 4.37. The zero-order valence-electron chi connectivity index (χ0n) is 11.6. The Balaban J connectivity index is 3.18. The molecule has 21 heavy (non-hydrogen) atoms. The summed E-state index contributed by atoms with van der Waals surface area (Å²) in [6.07, 6.45) is 1.29. The first-order chi connectivity index (χ1) is 9.68. The fourth-order valence-electron chi connectivity index (χ4n) is 1.73. The third kappa shape index (κ3) is 3.90. The molecule has 0 fully saturated rings. The highest BCUT2D eigenvalue weighted by Gasteiger charge is 2.48. The summed E-state index contributed by atoms with van der Waals surface area (Å²) in [5, 5.41) is 7.21. The zero-order chi connectivity index (χ0) is 16.3. The predicted octanol–water partition coefficient (Wildman–Crippen LogP) is 2.07. The van der Waals surface area contributed by atoms with E-state index >= 15 is 0 Å². The molecule has 0 amide bonds. The molecular weight excluding hydrogens is 316 g/mol. The second kappa shape index (κ2) is 6.69. The zero-order valence-corrected chi connectivity index (χ0v) is 13.4. The molecule has 0 saturated carbocycles. The summed E-state index contributed by atoms with van der Waals surface area (Å²) < 4.78 is 27.4. The molecule has 0 heterocycles. The Kier molecular flexibility index (Phi) is 5.68. The minimum Gasteiger partial charge on any atom is -0.497 e. The van der Waals surface area contributed by atoms with E-state index in [0.717, 1.165) is 5.56 Å². The number of benzene rings is 1. The normalized spacial score (nSPS) is 14.5. The van der Waals surface area contributed by atoms with Gasteiger partial charge >= 0.3 is 7.60 Å². The number of aryl methyl sites for hydroxylation is 1. The van der Waals surface area contributed by atoms with Gasteiger partial charge in [-0.2, -0.15) is 0 Å². The fourth-order valence-corrected chi connectivity index (χ4v) is 2.70. The molecular formula is C12H17NO6P2. The van der Waals surface area contributed by atoms with Gasteiger partial charge in [0.25, 0.3) is 5.08 Å². The van der Waals surface area contributed by atoms with Crippen LogP contribution in [0.1, 0.15) is 5.56 Å². The Hall–Kier alpha value is -1.23. The van der Waals surface area contributed by atoms with Crippen LogP contribution in [0.2, 0.25) is 0 Å². The van der Waals surface area contributed by atoms with Gasteiger partial charge in [0.1, 0.15) is 5.75 Å². The molecule has 7 nitrogen and oxygen atoms in total. The van der Waals surface area contributed by atoms with Crippen molar-refractivity contribution in [3.8, 4) is 5.75 Å². The van der Waals surface area contributed by atoms with Gasteiger partial charge in [0.15, 0.2) is 0 Å². The second-order valence-corrected chi connectivity index (χ2v) is 7.48. The molecule has 1 rings (SSSR count). The standard InChI is InChI=1S/C12H17NO6P2/c1-4-13(8-12(14,20-15)21(16,17)18)11-6-5-10(19-3)7-9(11)2/h4-7,14H,1,8H2,2-3H3,(H2,16,17,18). The maximum absolute atomic E-state index is 11.3. The van der Waals surface area contributed by atoms with Crippen molar-refractivity contribution in [1.29, 1.82) is 0 Å². The molecule has 0 radical (unpaired) electrons. The summed E-state index contributed by atoms with van der Waals surface area (Å²) in [6, 6.07) is 5.03. The lowest BCUT2D eigenvalue weighted by molar-refractivity contribution is 0.173. The maximum atomic E-state index is 11.3. The molecule has 9 heteroatoms. The van der Waals surface area contributed by atoms with E-state index < -0.39 is 27.7 Å². The molecule has 0 saturated heterocycles. The number of hydrogen-bond acceptors (Lipinski definition) is 5. The first kappa shape index (κ1) is 17.8. The van der Waals surface area contributed by atoms with E-state index in [1.54, 1.807) is 25.1 Å². The van der Waals surface area contributed by atoms with Crippen molar-refractivity contribution < 1.29 is 28.8 Å². The van der Waals surface area contributed by atoms with Crippen LogP contribution in [0.5, 0.6) is 5.75 Å². The van der Waals surface area contributed by atoms with Crippen molar-refractivity contribution in [2.24, 2.45) is 0 Å². The van der Waals surface area contributed by atoms with E-state index in [2.05, 4.69) is 6.58 Å². The molecule has 1 atom stereocenters. The van der Waals surface area contributed by atoms with Gasteiger partial charge in [-0.05, 0) is 36.9 Å². The summed E-state index contributed by atoms with van der Waals surface area (Å²) in [5.74, 6) is 0.618. The first-order valence-electron chi connectivity index (χ1n) is 5.85. The quantitative estimate of drug-likeness (QED) is 0.656. The van der Waals surface area contributed by atoms with E-state index in [1.807, 2.05) is 0 Å². The Morgan fingerprint density at radius 3 is 2.52 bits per heavy atom. The van der Waals surface area contributed by atoms with Gasteiger partial charge < -0.3 is 24.5 Å². The van der Waals surface area contributed by atoms with Crippen LogP contribution in [0, 0.1) is 6.92 Å². The summed E-state index contributed by atoms with van der Waals surface area (Å²) in [7, 11) is -4.53. The fraction of sp³-hybridized carbons (Fsp3) is 0.333. The summed E-state index contributed by atoms with van der Waals surface area (Å²) in [4.78, 5) is 19.6. The van der Waals surface area contributed by atoms with E-state index in [-0.39, 0.29) is 0 Å². The molecule has 0 spiro atoms. The van der Waals surface area contributed by atoms with Crippen molar-refractivity contribution in [3.05, 3.63) is 36.5 Å². The van der Waals surface area contributed by atoms with Crippen molar-refractivity contribution in [3.63, 3.8) is 0 Å². The van der Waals surface area contributed by atoms with Gasteiger partial charge in [0, 0.05) is 5.69 Å². The number of nitrogens with zero attached hydrogens (tertiary/aromatic N) is 1. The van der Waals surface area contributed by atoms with Gasteiger partial charge in [-0.3, -0.25) is 9.13 Å². The van der Waals surface area contributed by atoms with Crippen molar-refractivity contribution in [2.75, 3.05) is 18.6 Å². The van der Waals surface area contributed by atoms with E-state index in [9.17, 15) is 14.2 Å². The number of ether oxygens (including phenoxy) is 1. The Labute approximate surface area is 124 Å². The average Bonchev–Trinajstić information content (AvgIpc) is 2.43. The van der Waals surface area contributed by atoms with Gasteiger partial charge in [-0.15, -0.1) is 0 Å². The van der Waals surface area contributed by atoms with Crippen LogP contribution in [0.4, 0.5) is 5.69 Å². The van der Waals surface area contributed by atoms with Crippen LogP contribution in [-0.4, -0.2) is 33.6 Å². The SMILES string of the molecule is C=CN(CC(O)(P=O)P(=O)(O)O)c1ccc(OC)cc1C. The van der Waals surface area contributed by atoms with Crippen molar-refractivity contribution >= 4 is 21.7 Å². The largest absolute Gasteiger partial charge is 0.497 e. The molecule has 0 aliphatic carbocycles. The van der Waals surface area contributed by atoms with Crippen LogP contribution >= 0.6 is 16.1 Å². The Morgan fingerprint density at radius 1 is 1.52 bits per heavy atom. The molecule has 116 valence electrons. The van der Waals surface area contributed by atoms with Crippen LogP contribution in [-0.2, 0) is 9.13 Å². The maximum Gasteiger partial charge on any atom is 0.370 e. The molecule has 0 aliphatic rings. The number of rotatable bonds is 7. The molecule has 1 aromatic rings. The third-order valence-electron chi connectivity index (χ3n) is 2.93. The summed E-state index contributed by atoms with van der Waals surface area (Å²) in [6.45, 7) is 4.74. The van der Waals surface area contributed by atoms with Gasteiger partial charge in [-0.25, -0.2) is 0 Å². The Morgan fingerprint density at radius 2 is 2.14 bits per heavy atom. The summed E-state index contributed by atoms with van der Waals surface area (Å²) in [5.41, 5.74) is 1.30. The highest BCUT2D eigenvalue weighted by Crippen LogP contribution is 2.55. The molecule has 3 N–H and O–H groups in total. The summed E-state index contributed by atoms with van der Waals surface area (Å²) >= 11 is 0. The molecule has 0 aromatic heterocycles. The monoisotopic (exact) mass is 333 g/mol. The van der Waals surface area contributed by atoms with Gasteiger partial charge in [-0.1, -0.05) is 6.58 Å². The number of anilines is 1.